The average Bonchev–Trinajstić information content (AvgIpc) is 3.28. The minimum atomic E-state index is -0.595. The van der Waals surface area contributed by atoms with Crippen LogP contribution in [0.2, 0.25) is 10.0 Å². The van der Waals surface area contributed by atoms with E-state index in [1.807, 2.05) is 61.5 Å². The van der Waals surface area contributed by atoms with Crippen molar-refractivity contribution in [3.05, 3.63) is 105 Å². The van der Waals surface area contributed by atoms with E-state index in [1.165, 1.54) is 0 Å². The van der Waals surface area contributed by atoms with Crippen molar-refractivity contribution in [2.45, 2.75) is 19.5 Å². The number of carbonyl (C=O) groups excluding carboxylic acids is 1. The lowest BCUT2D eigenvalue weighted by atomic mass is 10.0. The number of halogens is 2. The molecule has 7 nitrogen and oxygen atoms in total. The Morgan fingerprint density at radius 1 is 1.08 bits per heavy atom. The molecule has 1 aliphatic heterocycles. The summed E-state index contributed by atoms with van der Waals surface area (Å²) in [5.74, 6) is 0.982. The third-order valence-corrected chi connectivity index (χ3v) is 6.82. The lowest BCUT2D eigenvalue weighted by Gasteiger charge is -2.20. The molecule has 0 aliphatic carbocycles. The van der Waals surface area contributed by atoms with Crippen LogP contribution in [0, 0.1) is 0 Å². The minimum absolute atomic E-state index is 0.205. The van der Waals surface area contributed by atoms with Crippen LogP contribution in [0.4, 0.5) is 4.79 Å². The molecule has 38 heavy (non-hydrogen) atoms. The zero-order valence-corrected chi connectivity index (χ0v) is 22.4. The van der Waals surface area contributed by atoms with Gasteiger partial charge < -0.3 is 20.1 Å². The maximum atomic E-state index is 12.9. The monoisotopic (exact) mass is 548 g/mol. The van der Waals surface area contributed by atoms with Gasteiger partial charge in [0.05, 0.1) is 35.1 Å². The van der Waals surface area contributed by atoms with Gasteiger partial charge in [0, 0.05) is 18.1 Å². The van der Waals surface area contributed by atoms with Gasteiger partial charge in [-0.05, 0) is 60.0 Å². The maximum Gasteiger partial charge on any atom is 0.414 e. The number of carbonyl (C=O) groups is 1. The van der Waals surface area contributed by atoms with E-state index in [-0.39, 0.29) is 11.9 Å². The second-order valence-electron chi connectivity index (χ2n) is 8.85. The van der Waals surface area contributed by atoms with Crippen molar-refractivity contribution in [3.63, 3.8) is 0 Å². The predicted octanol–water partition coefficient (Wildman–Crippen LogP) is 6.68. The summed E-state index contributed by atoms with van der Waals surface area (Å²) in [6.07, 6.45) is 1.47. The first kappa shape index (κ1) is 25.9. The van der Waals surface area contributed by atoms with Gasteiger partial charge in [0.15, 0.2) is 0 Å². The third-order valence-electron chi connectivity index (χ3n) is 6.29. The van der Waals surface area contributed by atoms with E-state index in [2.05, 4.69) is 16.7 Å². The Kier molecular flexibility index (Phi) is 7.69. The van der Waals surface area contributed by atoms with Crippen LogP contribution < -0.4 is 20.1 Å². The highest BCUT2D eigenvalue weighted by Crippen LogP contribution is 2.36. The highest BCUT2D eigenvalue weighted by Gasteiger charge is 2.28. The lowest BCUT2D eigenvalue weighted by molar-refractivity contribution is 0.194. The standard InChI is InChI=1S/C29H26Cl2N4O3/c1-18(20-6-4-3-5-7-20)33-29(36)38-28-24-17-32-16-21(14-19-8-11-23(37-2)12-9-19)27(24)35(34-28)26-13-10-22(30)15-25(26)31/h3-15,18,32H,16-17H2,1-2H3,(H,33,36)/b21-14+/t18-/m1/s1. The summed E-state index contributed by atoms with van der Waals surface area (Å²) in [6.45, 7) is 2.96. The quantitative estimate of drug-likeness (QED) is 0.281. The number of aromatic nitrogens is 2. The summed E-state index contributed by atoms with van der Waals surface area (Å²) in [6, 6.07) is 22.4. The molecule has 0 saturated carbocycles. The fourth-order valence-corrected chi connectivity index (χ4v) is 4.86. The predicted molar refractivity (Wildman–Crippen MR) is 150 cm³/mol. The number of fused-ring (bicyclic) bond motifs is 1. The fourth-order valence-electron chi connectivity index (χ4n) is 4.37. The van der Waals surface area contributed by atoms with Gasteiger partial charge in [0.2, 0.25) is 5.88 Å². The number of nitrogens with zero attached hydrogens (tertiary/aromatic N) is 2. The summed E-state index contributed by atoms with van der Waals surface area (Å²) in [5, 5.41) is 11.9. The molecule has 0 fully saturated rings. The van der Waals surface area contributed by atoms with Gasteiger partial charge in [0.25, 0.3) is 0 Å². The largest absolute Gasteiger partial charge is 0.497 e. The van der Waals surface area contributed by atoms with Crippen LogP contribution >= 0.6 is 23.2 Å². The van der Waals surface area contributed by atoms with Gasteiger partial charge in [0.1, 0.15) is 5.75 Å². The van der Waals surface area contributed by atoms with E-state index < -0.39 is 6.09 Å². The van der Waals surface area contributed by atoms with Crippen molar-refractivity contribution in [2.75, 3.05) is 13.7 Å². The Morgan fingerprint density at radius 3 is 2.55 bits per heavy atom. The molecule has 0 saturated heterocycles. The smallest absolute Gasteiger partial charge is 0.414 e. The van der Waals surface area contributed by atoms with E-state index in [0.29, 0.717) is 28.8 Å². The van der Waals surface area contributed by atoms with E-state index >= 15 is 0 Å². The third kappa shape index (κ3) is 5.55. The molecule has 2 N–H and O–H groups in total. The van der Waals surface area contributed by atoms with Crippen LogP contribution in [-0.2, 0) is 6.54 Å². The van der Waals surface area contributed by atoms with Gasteiger partial charge in [-0.15, -0.1) is 5.10 Å². The Labute approximate surface area is 231 Å². The average molecular weight is 549 g/mol. The van der Waals surface area contributed by atoms with Crippen LogP contribution in [0.15, 0.2) is 72.8 Å². The number of hydrogen-bond acceptors (Lipinski definition) is 5. The molecule has 1 atom stereocenters. The number of amides is 1. The summed E-state index contributed by atoms with van der Waals surface area (Å²) in [4.78, 5) is 12.9. The molecule has 3 aromatic carbocycles. The SMILES string of the molecule is COc1ccc(/C=C2\CNCc3c(OC(=O)N[C@H](C)c4ccccc4)nn(-c4ccc(Cl)cc4Cl)c32)cc1. The second kappa shape index (κ2) is 11.3. The van der Waals surface area contributed by atoms with E-state index in [1.54, 1.807) is 30.0 Å². The molecule has 5 rings (SSSR count). The molecule has 9 heteroatoms. The van der Waals surface area contributed by atoms with Gasteiger partial charge in [-0.25, -0.2) is 9.48 Å². The molecule has 194 valence electrons. The Morgan fingerprint density at radius 2 is 1.84 bits per heavy atom. The number of methoxy groups -OCH3 is 1. The first-order chi connectivity index (χ1) is 18.4. The lowest BCUT2D eigenvalue weighted by Crippen LogP contribution is -2.30. The van der Waals surface area contributed by atoms with E-state index in [0.717, 1.165) is 33.7 Å². The Balaban J connectivity index is 1.53. The second-order valence-corrected chi connectivity index (χ2v) is 9.70. The van der Waals surface area contributed by atoms with Crippen LogP contribution in [0.25, 0.3) is 17.3 Å². The molecule has 0 spiro atoms. The number of ether oxygens (including phenoxy) is 2. The Hall–Kier alpha value is -3.78. The molecule has 2 heterocycles. The zero-order valence-electron chi connectivity index (χ0n) is 20.9. The first-order valence-corrected chi connectivity index (χ1v) is 12.8. The van der Waals surface area contributed by atoms with Crippen LogP contribution in [-0.4, -0.2) is 29.5 Å². The molecular formula is C29H26Cl2N4O3. The van der Waals surface area contributed by atoms with Crippen LogP contribution in [0.3, 0.4) is 0 Å². The number of nitrogens with one attached hydrogen (secondary N) is 2. The molecule has 0 unspecified atom stereocenters. The van der Waals surface area contributed by atoms with Crippen molar-refractivity contribution in [3.8, 4) is 17.3 Å². The Bertz CT molecular complexity index is 1480. The molecule has 1 amide bonds. The molecular weight excluding hydrogens is 523 g/mol. The molecule has 0 radical (unpaired) electrons. The molecule has 1 aliphatic rings. The van der Waals surface area contributed by atoms with Crippen molar-refractivity contribution in [2.24, 2.45) is 0 Å². The van der Waals surface area contributed by atoms with Gasteiger partial charge >= 0.3 is 6.09 Å². The fraction of sp³-hybridized carbons (Fsp3) is 0.172. The van der Waals surface area contributed by atoms with Crippen LogP contribution in [0.5, 0.6) is 11.6 Å². The van der Waals surface area contributed by atoms with Crippen molar-refractivity contribution >= 4 is 40.9 Å². The summed E-state index contributed by atoms with van der Waals surface area (Å²) >= 11 is 12.7. The molecule has 1 aromatic heterocycles. The number of benzene rings is 3. The van der Waals surface area contributed by atoms with Crippen molar-refractivity contribution in [1.29, 1.82) is 0 Å². The van der Waals surface area contributed by atoms with Gasteiger partial charge in [-0.1, -0.05) is 65.7 Å². The van der Waals surface area contributed by atoms with E-state index in [4.69, 9.17) is 37.8 Å². The number of hydrogen-bond donors (Lipinski definition) is 2. The topological polar surface area (TPSA) is 77.4 Å². The highest BCUT2D eigenvalue weighted by molar-refractivity contribution is 6.35. The normalized spacial score (nSPS) is 14.6. The first-order valence-electron chi connectivity index (χ1n) is 12.1. The maximum absolute atomic E-state index is 12.9. The highest BCUT2D eigenvalue weighted by atomic mass is 35.5. The van der Waals surface area contributed by atoms with Gasteiger partial charge in [-0.3, -0.25) is 0 Å². The minimum Gasteiger partial charge on any atom is -0.497 e. The van der Waals surface area contributed by atoms with Crippen LogP contribution in [0.1, 0.15) is 35.3 Å². The summed E-state index contributed by atoms with van der Waals surface area (Å²) < 4.78 is 12.8. The van der Waals surface area contributed by atoms with Crippen molar-refractivity contribution < 1.29 is 14.3 Å². The number of rotatable bonds is 6. The van der Waals surface area contributed by atoms with Crippen molar-refractivity contribution in [1.82, 2.24) is 20.4 Å². The summed E-state index contributed by atoms with van der Waals surface area (Å²) in [5.41, 5.74) is 5.11. The molecule has 4 aromatic rings. The van der Waals surface area contributed by atoms with Gasteiger partial charge in [-0.2, -0.15) is 0 Å². The zero-order chi connectivity index (χ0) is 26.6. The molecule has 0 bridgehead atoms. The summed E-state index contributed by atoms with van der Waals surface area (Å²) in [7, 11) is 1.64. The van der Waals surface area contributed by atoms with E-state index in [9.17, 15) is 4.79 Å².